The molecule has 0 aromatic carbocycles. The zero-order valence-corrected chi connectivity index (χ0v) is 6.43. The SMILES string of the molecule is O=C1O[C@@H]2C[C@H]1C[C@@H]2Br. The summed E-state index contributed by atoms with van der Waals surface area (Å²) in [5, 5.41) is 0. The van der Waals surface area contributed by atoms with Gasteiger partial charge in [0.1, 0.15) is 6.10 Å². The number of esters is 1. The van der Waals surface area contributed by atoms with E-state index in [1.165, 1.54) is 0 Å². The van der Waals surface area contributed by atoms with Crippen molar-refractivity contribution in [3.05, 3.63) is 0 Å². The number of carbonyl (C=O) groups excluding carboxylic acids is 1. The first-order chi connectivity index (χ1) is 4.27. The van der Waals surface area contributed by atoms with E-state index < -0.39 is 0 Å². The van der Waals surface area contributed by atoms with Gasteiger partial charge in [-0.15, -0.1) is 0 Å². The van der Waals surface area contributed by atoms with Gasteiger partial charge in [-0.1, -0.05) is 15.9 Å². The first-order valence-corrected chi connectivity index (χ1v) is 4.03. The lowest BCUT2D eigenvalue weighted by Gasteiger charge is -2.14. The molecule has 3 heteroatoms. The van der Waals surface area contributed by atoms with Crippen LogP contribution in [0.25, 0.3) is 0 Å². The van der Waals surface area contributed by atoms with Gasteiger partial charge in [0, 0.05) is 0 Å². The number of fused-ring (bicyclic) bond motifs is 2. The molecule has 1 heterocycles. The van der Waals surface area contributed by atoms with Crippen LogP contribution in [0.15, 0.2) is 0 Å². The standard InChI is InChI=1S/C6H7BrO2/c7-4-1-3-2-5(4)9-6(3)8/h3-5H,1-2H2/t3-,4+,5-/m1/s1. The fourth-order valence-electron chi connectivity index (χ4n) is 1.51. The molecule has 2 aliphatic rings. The summed E-state index contributed by atoms with van der Waals surface area (Å²) in [5.74, 6) is 0.218. The van der Waals surface area contributed by atoms with Gasteiger partial charge < -0.3 is 4.74 Å². The second-order valence-electron chi connectivity index (χ2n) is 2.66. The summed E-state index contributed by atoms with van der Waals surface area (Å²) in [4.78, 5) is 11.2. The maximum Gasteiger partial charge on any atom is 0.309 e. The Morgan fingerprint density at radius 3 is 2.67 bits per heavy atom. The number of carbonyl (C=O) groups is 1. The Hall–Kier alpha value is -0.0500. The number of halogens is 1. The molecule has 2 fully saturated rings. The second kappa shape index (κ2) is 1.72. The third kappa shape index (κ3) is 0.707. The summed E-state index contributed by atoms with van der Waals surface area (Å²) in [5.41, 5.74) is 0. The van der Waals surface area contributed by atoms with Crippen molar-refractivity contribution in [1.29, 1.82) is 0 Å². The van der Waals surface area contributed by atoms with Crippen LogP contribution in [0.5, 0.6) is 0 Å². The molecule has 1 aliphatic carbocycles. The molecule has 0 amide bonds. The van der Waals surface area contributed by atoms with Crippen LogP contribution < -0.4 is 0 Å². The van der Waals surface area contributed by atoms with E-state index >= 15 is 0 Å². The lowest BCUT2D eigenvalue weighted by Crippen LogP contribution is -2.23. The third-order valence-electron chi connectivity index (χ3n) is 2.03. The van der Waals surface area contributed by atoms with E-state index in [0.717, 1.165) is 12.8 Å². The lowest BCUT2D eigenvalue weighted by atomic mass is 10.1. The average Bonchev–Trinajstić information content (AvgIpc) is 2.24. The number of rotatable bonds is 0. The normalized spacial score (nSPS) is 47.7. The molecule has 0 radical (unpaired) electrons. The van der Waals surface area contributed by atoms with E-state index in [2.05, 4.69) is 15.9 Å². The highest BCUT2D eigenvalue weighted by atomic mass is 79.9. The molecule has 0 aromatic heterocycles. The van der Waals surface area contributed by atoms with Crippen LogP contribution in [-0.4, -0.2) is 16.9 Å². The van der Waals surface area contributed by atoms with Crippen LogP contribution in [-0.2, 0) is 9.53 Å². The predicted molar refractivity (Wildman–Crippen MR) is 35.3 cm³/mol. The Morgan fingerprint density at radius 1 is 1.56 bits per heavy atom. The van der Waals surface area contributed by atoms with Crippen molar-refractivity contribution in [2.24, 2.45) is 5.92 Å². The van der Waals surface area contributed by atoms with Crippen LogP contribution in [0, 0.1) is 5.92 Å². The summed E-state index contributed by atoms with van der Waals surface area (Å²) in [7, 11) is 0. The van der Waals surface area contributed by atoms with Gasteiger partial charge in [0.2, 0.25) is 0 Å². The van der Waals surface area contributed by atoms with Gasteiger partial charge in [-0.3, -0.25) is 4.79 Å². The minimum absolute atomic E-state index is 0.00991. The van der Waals surface area contributed by atoms with Crippen LogP contribution in [0.1, 0.15) is 12.8 Å². The maximum atomic E-state index is 10.7. The minimum Gasteiger partial charge on any atom is -0.461 e. The molecule has 3 atom stereocenters. The van der Waals surface area contributed by atoms with Gasteiger partial charge >= 0.3 is 5.97 Å². The van der Waals surface area contributed by atoms with Crippen molar-refractivity contribution in [2.45, 2.75) is 23.8 Å². The van der Waals surface area contributed by atoms with Crippen molar-refractivity contribution in [1.82, 2.24) is 0 Å². The molecule has 50 valence electrons. The van der Waals surface area contributed by atoms with Gasteiger partial charge in [0.05, 0.1) is 10.7 Å². The molecule has 1 aliphatic heterocycles. The maximum absolute atomic E-state index is 10.7. The second-order valence-corrected chi connectivity index (χ2v) is 3.84. The zero-order chi connectivity index (χ0) is 6.43. The highest BCUT2D eigenvalue weighted by Gasteiger charge is 2.46. The molecular weight excluding hydrogens is 184 g/mol. The predicted octanol–water partition coefficient (Wildman–Crippen LogP) is 1.09. The van der Waals surface area contributed by atoms with Gasteiger partial charge in [0.15, 0.2) is 0 Å². The molecule has 2 rings (SSSR count). The van der Waals surface area contributed by atoms with E-state index in [-0.39, 0.29) is 18.0 Å². The summed E-state index contributed by atoms with van der Waals surface area (Å²) in [6.07, 6.45) is 2.10. The van der Waals surface area contributed by atoms with E-state index in [4.69, 9.17) is 4.74 Å². The highest BCUT2D eigenvalue weighted by Crippen LogP contribution is 2.39. The number of hydrogen-bond donors (Lipinski definition) is 0. The van der Waals surface area contributed by atoms with Crippen molar-refractivity contribution in [2.75, 3.05) is 0 Å². The lowest BCUT2D eigenvalue weighted by molar-refractivity contribution is -0.147. The molecule has 1 saturated heterocycles. The van der Waals surface area contributed by atoms with Crippen LogP contribution in [0.3, 0.4) is 0 Å². The molecular formula is C6H7BrO2. The largest absolute Gasteiger partial charge is 0.461 e. The van der Waals surface area contributed by atoms with Gasteiger partial charge in [0.25, 0.3) is 0 Å². The molecule has 0 aromatic rings. The molecule has 0 N–H and O–H groups in total. The molecule has 2 nitrogen and oxygen atoms in total. The average molecular weight is 191 g/mol. The third-order valence-corrected chi connectivity index (χ3v) is 2.99. The van der Waals surface area contributed by atoms with Crippen molar-refractivity contribution in [3.63, 3.8) is 0 Å². The van der Waals surface area contributed by atoms with E-state index in [9.17, 15) is 4.79 Å². The van der Waals surface area contributed by atoms with Gasteiger partial charge in [-0.05, 0) is 12.8 Å². The molecule has 0 unspecified atom stereocenters. The molecule has 2 bridgehead atoms. The Bertz CT molecular complexity index is 155. The Balaban J connectivity index is 2.19. The fraction of sp³-hybridized carbons (Fsp3) is 0.833. The van der Waals surface area contributed by atoms with Gasteiger partial charge in [-0.25, -0.2) is 0 Å². The Labute approximate surface area is 61.7 Å². The summed E-state index contributed by atoms with van der Waals surface area (Å²) < 4.78 is 4.99. The monoisotopic (exact) mass is 190 g/mol. The smallest absolute Gasteiger partial charge is 0.309 e. The van der Waals surface area contributed by atoms with Crippen LogP contribution in [0.2, 0.25) is 0 Å². The van der Waals surface area contributed by atoms with E-state index in [0.29, 0.717) is 4.83 Å². The van der Waals surface area contributed by atoms with Crippen LogP contribution in [0.4, 0.5) is 0 Å². The Morgan fingerprint density at radius 2 is 2.33 bits per heavy atom. The highest BCUT2D eigenvalue weighted by molar-refractivity contribution is 9.09. The van der Waals surface area contributed by atoms with Crippen LogP contribution >= 0.6 is 15.9 Å². The Kier molecular flexibility index (Phi) is 1.09. The van der Waals surface area contributed by atoms with Crippen molar-refractivity contribution >= 4 is 21.9 Å². The molecule has 1 saturated carbocycles. The quantitative estimate of drug-likeness (QED) is 0.423. The van der Waals surface area contributed by atoms with Gasteiger partial charge in [-0.2, -0.15) is 0 Å². The first kappa shape index (κ1) is 5.71. The molecule has 0 spiro atoms. The molecule has 9 heavy (non-hydrogen) atoms. The number of hydrogen-bond acceptors (Lipinski definition) is 2. The first-order valence-electron chi connectivity index (χ1n) is 3.12. The summed E-state index contributed by atoms with van der Waals surface area (Å²) in [6, 6.07) is 0. The summed E-state index contributed by atoms with van der Waals surface area (Å²) >= 11 is 3.45. The van der Waals surface area contributed by atoms with Crippen molar-refractivity contribution < 1.29 is 9.53 Å². The fourth-order valence-corrected chi connectivity index (χ4v) is 2.28. The zero-order valence-electron chi connectivity index (χ0n) is 4.84. The summed E-state index contributed by atoms with van der Waals surface area (Å²) in [6.45, 7) is 0. The van der Waals surface area contributed by atoms with E-state index in [1.807, 2.05) is 0 Å². The van der Waals surface area contributed by atoms with Crippen molar-refractivity contribution in [3.8, 4) is 0 Å². The number of ether oxygens (including phenoxy) is 1. The van der Waals surface area contributed by atoms with E-state index in [1.54, 1.807) is 0 Å². The minimum atomic E-state index is 0.00991. The number of alkyl halides is 1. The topological polar surface area (TPSA) is 26.3 Å².